The molecule has 0 radical (unpaired) electrons. The van der Waals surface area contributed by atoms with Crippen LogP contribution in [0.3, 0.4) is 0 Å². The fourth-order valence-corrected chi connectivity index (χ4v) is 2.82. The minimum Gasteiger partial charge on any atom is -0.368 e. The zero-order valence-electron chi connectivity index (χ0n) is 10.9. The first-order chi connectivity index (χ1) is 8.67. The van der Waals surface area contributed by atoms with Crippen LogP contribution in [-0.4, -0.2) is 43.4 Å². The third kappa shape index (κ3) is 2.52. The van der Waals surface area contributed by atoms with Gasteiger partial charge in [0.15, 0.2) is 6.29 Å². The zero-order chi connectivity index (χ0) is 13.1. The first-order valence-electron chi connectivity index (χ1n) is 6.40. The van der Waals surface area contributed by atoms with Gasteiger partial charge in [-0.05, 0) is 25.6 Å². The van der Waals surface area contributed by atoms with Crippen molar-refractivity contribution in [3.05, 3.63) is 28.8 Å². The van der Waals surface area contributed by atoms with Gasteiger partial charge in [0.1, 0.15) is 0 Å². The number of benzene rings is 1. The molecular weight excluding hydrogens is 248 g/mol. The molecule has 1 aromatic carbocycles. The molecule has 3 nitrogen and oxygen atoms in total. The number of aldehydes is 1. The quantitative estimate of drug-likeness (QED) is 0.786. The standard InChI is InChI=1S/C14H19ClN2O/c1-3-16-7-8-17(9-11(16)2)14-6-4-5-13(15)12(14)10-18/h4-6,10-11H,3,7-9H2,1-2H3. The van der Waals surface area contributed by atoms with Crippen molar-refractivity contribution in [3.63, 3.8) is 0 Å². The predicted octanol–water partition coefficient (Wildman–Crippen LogP) is 2.68. The molecule has 0 aliphatic carbocycles. The average molecular weight is 267 g/mol. The Morgan fingerprint density at radius 1 is 1.44 bits per heavy atom. The van der Waals surface area contributed by atoms with Crippen LogP contribution in [0.25, 0.3) is 0 Å². The number of likely N-dealkylation sites (N-methyl/N-ethyl adjacent to an activating group) is 1. The molecule has 1 aliphatic rings. The largest absolute Gasteiger partial charge is 0.368 e. The molecule has 4 heteroatoms. The molecule has 1 aromatic rings. The lowest BCUT2D eigenvalue weighted by Crippen LogP contribution is -2.52. The number of piperazine rings is 1. The second-order valence-electron chi connectivity index (χ2n) is 4.71. The molecule has 0 bridgehead atoms. The first kappa shape index (κ1) is 13.4. The molecule has 0 saturated carbocycles. The van der Waals surface area contributed by atoms with Gasteiger partial charge in [0, 0.05) is 31.4 Å². The average Bonchev–Trinajstić information content (AvgIpc) is 2.38. The van der Waals surface area contributed by atoms with E-state index in [0.29, 0.717) is 16.6 Å². The lowest BCUT2D eigenvalue weighted by molar-refractivity contribution is 0.112. The van der Waals surface area contributed by atoms with Crippen LogP contribution < -0.4 is 4.90 Å². The van der Waals surface area contributed by atoms with E-state index in [1.165, 1.54) is 0 Å². The van der Waals surface area contributed by atoms with Crippen molar-refractivity contribution >= 4 is 23.6 Å². The van der Waals surface area contributed by atoms with E-state index >= 15 is 0 Å². The molecule has 2 rings (SSSR count). The highest BCUT2D eigenvalue weighted by molar-refractivity contribution is 6.33. The Balaban J connectivity index is 2.23. The summed E-state index contributed by atoms with van der Waals surface area (Å²) in [6, 6.07) is 6.15. The fraction of sp³-hybridized carbons (Fsp3) is 0.500. The number of hydrogen-bond donors (Lipinski definition) is 0. The summed E-state index contributed by atoms with van der Waals surface area (Å²) in [5, 5.41) is 0.535. The van der Waals surface area contributed by atoms with Crippen LogP contribution in [0.1, 0.15) is 24.2 Å². The number of rotatable bonds is 3. The Hall–Kier alpha value is -1.06. The van der Waals surface area contributed by atoms with Crippen LogP contribution in [-0.2, 0) is 0 Å². The number of carbonyl (C=O) groups excluding carboxylic acids is 1. The van der Waals surface area contributed by atoms with E-state index in [2.05, 4.69) is 23.6 Å². The van der Waals surface area contributed by atoms with Gasteiger partial charge >= 0.3 is 0 Å². The molecule has 0 amide bonds. The Morgan fingerprint density at radius 2 is 2.22 bits per heavy atom. The SMILES string of the molecule is CCN1CCN(c2cccc(Cl)c2C=O)CC1C. The van der Waals surface area contributed by atoms with E-state index in [1.807, 2.05) is 12.1 Å². The summed E-state index contributed by atoms with van der Waals surface area (Å²) in [5.41, 5.74) is 1.57. The molecule has 1 heterocycles. The van der Waals surface area contributed by atoms with Gasteiger partial charge in [0.2, 0.25) is 0 Å². The summed E-state index contributed by atoms with van der Waals surface area (Å²) in [5.74, 6) is 0. The number of halogens is 1. The number of hydrogen-bond acceptors (Lipinski definition) is 3. The van der Waals surface area contributed by atoms with Crippen molar-refractivity contribution in [3.8, 4) is 0 Å². The molecule has 1 unspecified atom stereocenters. The van der Waals surface area contributed by atoms with Gasteiger partial charge in [-0.15, -0.1) is 0 Å². The van der Waals surface area contributed by atoms with Crippen molar-refractivity contribution in [1.82, 2.24) is 4.90 Å². The Labute approximate surface area is 113 Å². The smallest absolute Gasteiger partial charge is 0.153 e. The van der Waals surface area contributed by atoms with Crippen molar-refractivity contribution in [1.29, 1.82) is 0 Å². The molecular formula is C14H19ClN2O. The zero-order valence-corrected chi connectivity index (χ0v) is 11.7. The maximum atomic E-state index is 11.2. The van der Waals surface area contributed by atoms with Crippen LogP contribution in [0.2, 0.25) is 5.02 Å². The number of nitrogens with zero attached hydrogens (tertiary/aromatic N) is 2. The van der Waals surface area contributed by atoms with E-state index in [1.54, 1.807) is 6.07 Å². The van der Waals surface area contributed by atoms with Crippen LogP contribution in [0.5, 0.6) is 0 Å². The van der Waals surface area contributed by atoms with E-state index < -0.39 is 0 Å². The summed E-state index contributed by atoms with van der Waals surface area (Å²) in [6.45, 7) is 8.39. The molecule has 1 aliphatic heterocycles. The molecule has 0 N–H and O–H groups in total. The highest BCUT2D eigenvalue weighted by atomic mass is 35.5. The van der Waals surface area contributed by atoms with Gasteiger partial charge in [0.25, 0.3) is 0 Å². The number of carbonyl (C=O) groups is 1. The lowest BCUT2D eigenvalue weighted by Gasteiger charge is -2.41. The van der Waals surface area contributed by atoms with Gasteiger partial charge in [-0.1, -0.05) is 24.6 Å². The van der Waals surface area contributed by atoms with Gasteiger partial charge in [-0.2, -0.15) is 0 Å². The second-order valence-corrected chi connectivity index (χ2v) is 5.12. The summed E-state index contributed by atoms with van der Waals surface area (Å²) >= 11 is 6.07. The predicted molar refractivity (Wildman–Crippen MR) is 75.8 cm³/mol. The van der Waals surface area contributed by atoms with Crippen LogP contribution in [0, 0.1) is 0 Å². The van der Waals surface area contributed by atoms with Crippen LogP contribution in [0.15, 0.2) is 18.2 Å². The maximum Gasteiger partial charge on any atom is 0.153 e. The molecule has 1 atom stereocenters. The van der Waals surface area contributed by atoms with Gasteiger partial charge in [0.05, 0.1) is 10.6 Å². The minimum absolute atomic E-state index is 0.502. The second kappa shape index (κ2) is 5.72. The molecule has 1 fully saturated rings. The molecule has 0 spiro atoms. The Kier molecular flexibility index (Phi) is 4.25. The van der Waals surface area contributed by atoms with Gasteiger partial charge in [-0.3, -0.25) is 9.69 Å². The molecule has 18 heavy (non-hydrogen) atoms. The van der Waals surface area contributed by atoms with Crippen LogP contribution >= 0.6 is 11.6 Å². The molecule has 98 valence electrons. The van der Waals surface area contributed by atoms with Crippen LogP contribution in [0.4, 0.5) is 5.69 Å². The first-order valence-corrected chi connectivity index (χ1v) is 6.77. The fourth-order valence-electron chi connectivity index (χ4n) is 2.60. The highest BCUT2D eigenvalue weighted by Crippen LogP contribution is 2.27. The lowest BCUT2D eigenvalue weighted by atomic mass is 10.1. The van der Waals surface area contributed by atoms with Gasteiger partial charge < -0.3 is 4.90 Å². The Bertz CT molecular complexity index is 436. The third-order valence-electron chi connectivity index (χ3n) is 3.66. The van der Waals surface area contributed by atoms with Crippen molar-refractivity contribution in [2.45, 2.75) is 19.9 Å². The number of anilines is 1. The summed E-state index contributed by atoms with van der Waals surface area (Å²) in [7, 11) is 0. The molecule has 1 saturated heterocycles. The summed E-state index contributed by atoms with van der Waals surface area (Å²) in [6.07, 6.45) is 0.856. The van der Waals surface area contributed by atoms with Crippen molar-refractivity contribution in [2.75, 3.05) is 31.1 Å². The summed E-state index contributed by atoms with van der Waals surface area (Å²) < 4.78 is 0. The van der Waals surface area contributed by atoms with E-state index in [4.69, 9.17) is 11.6 Å². The van der Waals surface area contributed by atoms with E-state index in [-0.39, 0.29) is 0 Å². The summed E-state index contributed by atoms with van der Waals surface area (Å²) in [4.78, 5) is 15.9. The van der Waals surface area contributed by atoms with Crippen molar-refractivity contribution in [2.24, 2.45) is 0 Å². The van der Waals surface area contributed by atoms with Crippen molar-refractivity contribution < 1.29 is 4.79 Å². The van der Waals surface area contributed by atoms with Gasteiger partial charge in [-0.25, -0.2) is 0 Å². The normalized spacial score (nSPS) is 21.1. The van der Waals surface area contributed by atoms with E-state index in [9.17, 15) is 4.79 Å². The third-order valence-corrected chi connectivity index (χ3v) is 3.99. The minimum atomic E-state index is 0.502. The molecule has 0 aromatic heterocycles. The van der Waals surface area contributed by atoms with E-state index in [0.717, 1.165) is 38.2 Å². The highest BCUT2D eigenvalue weighted by Gasteiger charge is 2.24. The monoisotopic (exact) mass is 266 g/mol. The Morgan fingerprint density at radius 3 is 2.83 bits per heavy atom. The maximum absolute atomic E-state index is 11.2. The topological polar surface area (TPSA) is 23.6 Å².